The maximum Gasteiger partial charge on any atom is 0.338 e. The van der Waals surface area contributed by atoms with Gasteiger partial charge in [0.1, 0.15) is 13.2 Å². The number of fused-ring (bicyclic) bond motifs is 1. The predicted molar refractivity (Wildman–Crippen MR) is 132 cm³/mol. The molecule has 37 heavy (non-hydrogen) atoms. The molecule has 14 heteroatoms. The number of ether oxygens (including phenoxy) is 3. The molecule has 0 spiro atoms. The van der Waals surface area contributed by atoms with Crippen LogP contribution in [0.4, 0.5) is 17.1 Å². The van der Waals surface area contributed by atoms with E-state index in [9.17, 15) is 28.1 Å². The molecule has 0 aromatic heterocycles. The number of carbonyl (C=O) groups excluding carboxylic acids is 2. The van der Waals surface area contributed by atoms with E-state index in [0.717, 1.165) is 6.07 Å². The van der Waals surface area contributed by atoms with Crippen LogP contribution in [-0.2, 0) is 19.6 Å². The second-order valence-electron chi connectivity index (χ2n) is 7.53. The number of anilines is 2. The van der Waals surface area contributed by atoms with Crippen LogP contribution in [0.1, 0.15) is 10.4 Å². The zero-order valence-electron chi connectivity index (χ0n) is 18.8. The van der Waals surface area contributed by atoms with Crippen molar-refractivity contribution in [2.75, 3.05) is 29.9 Å². The summed E-state index contributed by atoms with van der Waals surface area (Å²) in [6.45, 7) is 0.00496. The minimum Gasteiger partial charge on any atom is -0.486 e. The van der Waals surface area contributed by atoms with Crippen LogP contribution in [0.2, 0.25) is 5.02 Å². The van der Waals surface area contributed by atoms with E-state index in [4.69, 9.17) is 25.8 Å². The first-order valence-electron chi connectivity index (χ1n) is 10.6. The number of halogens is 1. The molecule has 0 saturated carbocycles. The number of sulfonamides is 1. The largest absolute Gasteiger partial charge is 0.486 e. The second-order valence-corrected chi connectivity index (χ2v) is 9.62. The fourth-order valence-corrected chi connectivity index (χ4v) is 4.44. The summed E-state index contributed by atoms with van der Waals surface area (Å²) < 4.78 is 43.6. The summed E-state index contributed by atoms with van der Waals surface area (Å²) >= 11 is 5.93. The average Bonchev–Trinajstić information content (AvgIpc) is 2.88. The Bertz CT molecular complexity index is 1480. The van der Waals surface area contributed by atoms with Gasteiger partial charge in [0.05, 0.1) is 26.1 Å². The Morgan fingerprint density at radius 2 is 1.70 bits per heavy atom. The zero-order valence-corrected chi connectivity index (χ0v) is 20.4. The molecule has 0 bridgehead atoms. The average molecular weight is 548 g/mol. The molecule has 0 fully saturated rings. The third-order valence-corrected chi connectivity index (χ3v) is 6.67. The van der Waals surface area contributed by atoms with Gasteiger partial charge in [0.2, 0.25) is 0 Å². The minimum atomic E-state index is -3.95. The van der Waals surface area contributed by atoms with Crippen LogP contribution in [-0.4, -0.2) is 45.0 Å². The predicted octanol–water partition coefficient (Wildman–Crippen LogP) is 3.62. The fraction of sp³-hybridized carbons (Fsp3) is 0.130. The quantitative estimate of drug-likeness (QED) is 0.243. The van der Waals surface area contributed by atoms with Crippen LogP contribution in [0.15, 0.2) is 65.6 Å². The maximum absolute atomic E-state index is 12.7. The number of esters is 1. The lowest BCUT2D eigenvalue weighted by Crippen LogP contribution is -2.21. The molecule has 1 aliphatic heterocycles. The summed E-state index contributed by atoms with van der Waals surface area (Å²) in [7, 11) is -3.95. The van der Waals surface area contributed by atoms with Crippen LogP contribution in [0, 0.1) is 10.1 Å². The van der Waals surface area contributed by atoms with Crippen molar-refractivity contribution in [2.45, 2.75) is 4.90 Å². The van der Waals surface area contributed by atoms with Gasteiger partial charge in [-0.1, -0.05) is 11.6 Å². The van der Waals surface area contributed by atoms with Crippen molar-refractivity contribution >= 4 is 50.6 Å². The fourth-order valence-electron chi connectivity index (χ4n) is 3.20. The molecule has 0 aliphatic carbocycles. The highest BCUT2D eigenvalue weighted by molar-refractivity contribution is 7.92. The van der Waals surface area contributed by atoms with Gasteiger partial charge in [-0.25, -0.2) is 13.2 Å². The minimum absolute atomic E-state index is 0.00781. The van der Waals surface area contributed by atoms with Crippen LogP contribution in [0.3, 0.4) is 0 Å². The number of nitrogens with one attached hydrogen (secondary N) is 2. The smallest absolute Gasteiger partial charge is 0.338 e. The highest BCUT2D eigenvalue weighted by Crippen LogP contribution is 2.33. The van der Waals surface area contributed by atoms with E-state index >= 15 is 0 Å². The number of nitrogens with zero attached hydrogens (tertiary/aromatic N) is 1. The van der Waals surface area contributed by atoms with Gasteiger partial charge in [-0.05, 0) is 42.5 Å². The van der Waals surface area contributed by atoms with E-state index < -0.39 is 33.4 Å². The lowest BCUT2D eigenvalue weighted by atomic mass is 10.2. The van der Waals surface area contributed by atoms with E-state index in [0.29, 0.717) is 24.7 Å². The van der Waals surface area contributed by atoms with Gasteiger partial charge in [0.15, 0.2) is 18.1 Å². The number of hydrogen-bond donors (Lipinski definition) is 2. The number of nitro groups is 1. The normalized spacial score (nSPS) is 12.4. The number of non-ortho nitro benzene ring substituents is 1. The van der Waals surface area contributed by atoms with Crippen molar-refractivity contribution in [3.63, 3.8) is 0 Å². The Labute approximate surface area is 215 Å². The van der Waals surface area contributed by atoms with Crippen LogP contribution >= 0.6 is 11.6 Å². The lowest BCUT2D eigenvalue weighted by Gasteiger charge is -2.19. The van der Waals surface area contributed by atoms with Crippen molar-refractivity contribution in [1.29, 1.82) is 0 Å². The van der Waals surface area contributed by atoms with Gasteiger partial charge in [-0.3, -0.25) is 19.6 Å². The topological polar surface area (TPSA) is 163 Å². The molecule has 0 radical (unpaired) electrons. The molecule has 0 unspecified atom stereocenters. The Morgan fingerprint density at radius 1 is 1.00 bits per heavy atom. The van der Waals surface area contributed by atoms with Gasteiger partial charge in [-0.2, -0.15) is 0 Å². The molecule has 0 saturated heterocycles. The molecule has 1 aliphatic rings. The van der Waals surface area contributed by atoms with Crippen LogP contribution in [0.25, 0.3) is 0 Å². The van der Waals surface area contributed by atoms with Gasteiger partial charge in [0, 0.05) is 23.9 Å². The van der Waals surface area contributed by atoms with Crippen molar-refractivity contribution < 1.29 is 37.1 Å². The molecule has 192 valence electrons. The third-order valence-electron chi connectivity index (χ3n) is 4.97. The molecule has 0 atom stereocenters. The zero-order chi connectivity index (χ0) is 26.6. The molecule has 4 rings (SSSR count). The first kappa shape index (κ1) is 25.7. The summed E-state index contributed by atoms with van der Waals surface area (Å²) in [4.78, 5) is 34.6. The summed E-state index contributed by atoms with van der Waals surface area (Å²) in [5.41, 5.74) is -0.0408. The number of rotatable bonds is 8. The SMILES string of the molecule is O=C(COC(=O)c1ccc(NS(=O)(=O)c2ccc3c(c2)OCCO3)cc1)Nc1cc([N+](=O)[O-])ccc1Cl. The molecule has 1 amide bonds. The molecular weight excluding hydrogens is 530 g/mol. The Hall–Kier alpha value is -4.36. The molecular formula is C23H18ClN3O9S. The van der Waals surface area contributed by atoms with Crippen molar-refractivity contribution in [2.24, 2.45) is 0 Å². The van der Waals surface area contributed by atoms with E-state index in [1.807, 2.05) is 0 Å². The van der Waals surface area contributed by atoms with Crippen molar-refractivity contribution in [1.82, 2.24) is 0 Å². The highest BCUT2D eigenvalue weighted by atomic mass is 35.5. The van der Waals surface area contributed by atoms with Crippen molar-refractivity contribution in [3.05, 3.63) is 81.4 Å². The lowest BCUT2D eigenvalue weighted by molar-refractivity contribution is -0.384. The second kappa shape index (κ2) is 10.7. The molecule has 3 aromatic carbocycles. The Kier molecular flexibility index (Phi) is 7.45. The van der Waals surface area contributed by atoms with E-state index in [-0.39, 0.29) is 32.5 Å². The number of amides is 1. The molecule has 12 nitrogen and oxygen atoms in total. The maximum atomic E-state index is 12.7. The Balaban J connectivity index is 1.34. The van der Waals surface area contributed by atoms with E-state index in [1.165, 1.54) is 54.6 Å². The van der Waals surface area contributed by atoms with Crippen LogP contribution < -0.4 is 19.5 Å². The van der Waals surface area contributed by atoms with E-state index in [2.05, 4.69) is 10.0 Å². The van der Waals surface area contributed by atoms with Gasteiger partial charge in [-0.15, -0.1) is 0 Å². The van der Waals surface area contributed by atoms with E-state index in [1.54, 1.807) is 0 Å². The summed E-state index contributed by atoms with van der Waals surface area (Å²) in [6, 6.07) is 13.1. The van der Waals surface area contributed by atoms with Crippen molar-refractivity contribution in [3.8, 4) is 11.5 Å². The number of nitro benzene ring substituents is 1. The Morgan fingerprint density at radius 3 is 2.41 bits per heavy atom. The van der Waals surface area contributed by atoms with Gasteiger partial charge < -0.3 is 19.5 Å². The number of hydrogen-bond acceptors (Lipinski definition) is 9. The first-order valence-corrected chi connectivity index (χ1v) is 12.4. The number of benzene rings is 3. The van der Waals surface area contributed by atoms with Gasteiger partial charge in [0.25, 0.3) is 21.6 Å². The molecule has 1 heterocycles. The van der Waals surface area contributed by atoms with Crippen LogP contribution in [0.5, 0.6) is 11.5 Å². The molecule has 3 aromatic rings. The summed E-state index contributed by atoms with van der Waals surface area (Å²) in [5, 5.41) is 13.3. The first-order chi connectivity index (χ1) is 17.6. The third kappa shape index (κ3) is 6.26. The standard InChI is InChI=1S/C23H18ClN3O9S/c24-18-7-5-16(27(30)31)11-19(18)25-22(28)13-36-23(29)14-1-3-15(4-2-14)26-37(32,33)17-6-8-20-21(12-17)35-10-9-34-20/h1-8,11-12,26H,9-10,13H2,(H,25,28). The summed E-state index contributed by atoms with van der Waals surface area (Å²) in [6.07, 6.45) is 0. The monoisotopic (exact) mass is 547 g/mol. The van der Waals surface area contributed by atoms with Gasteiger partial charge >= 0.3 is 5.97 Å². The highest BCUT2D eigenvalue weighted by Gasteiger charge is 2.20. The summed E-state index contributed by atoms with van der Waals surface area (Å²) in [5.74, 6) is -0.833. The molecule has 2 N–H and O–H groups in total. The number of carbonyl (C=O) groups is 2.